The number of imidazole rings is 1. The smallest absolute Gasteiger partial charge is 0.157 e. The van der Waals surface area contributed by atoms with Gasteiger partial charge in [-0.1, -0.05) is 23.2 Å². The lowest BCUT2D eigenvalue weighted by atomic mass is 10.3. The zero-order valence-electron chi connectivity index (χ0n) is 7.46. The highest BCUT2D eigenvalue weighted by atomic mass is 35.5. The van der Waals surface area contributed by atoms with Gasteiger partial charge in [0.15, 0.2) is 10.8 Å². The largest absolute Gasteiger partial charge is 0.390 e. The summed E-state index contributed by atoms with van der Waals surface area (Å²) in [7, 11) is 0. The number of pyridine rings is 1. The molecule has 0 aliphatic carbocycles. The van der Waals surface area contributed by atoms with E-state index in [0.717, 1.165) is 5.56 Å². The van der Waals surface area contributed by atoms with E-state index >= 15 is 0 Å². The van der Waals surface area contributed by atoms with E-state index in [1.54, 1.807) is 10.5 Å². The Bertz CT molecular complexity index is 493. The Kier molecular flexibility index (Phi) is 2.39. The third-order valence-corrected chi connectivity index (χ3v) is 2.59. The van der Waals surface area contributed by atoms with Crippen molar-refractivity contribution in [3.63, 3.8) is 0 Å². The molecule has 0 aromatic carbocycles. The van der Waals surface area contributed by atoms with Crippen molar-refractivity contribution in [1.82, 2.24) is 9.38 Å². The lowest BCUT2D eigenvalue weighted by Crippen LogP contribution is -1.94. The third kappa shape index (κ3) is 1.38. The zero-order chi connectivity index (χ0) is 10.3. The van der Waals surface area contributed by atoms with Crippen LogP contribution < -0.4 is 0 Å². The number of nitrogens with zero attached hydrogens (tertiary/aromatic N) is 2. The van der Waals surface area contributed by atoms with Gasteiger partial charge >= 0.3 is 0 Å². The van der Waals surface area contributed by atoms with Crippen molar-refractivity contribution in [2.45, 2.75) is 13.5 Å². The van der Waals surface area contributed by atoms with Crippen LogP contribution in [0.2, 0.25) is 10.2 Å². The molecule has 0 aliphatic rings. The van der Waals surface area contributed by atoms with Crippen LogP contribution in [0.4, 0.5) is 0 Å². The number of hydrogen-bond donors (Lipinski definition) is 1. The topological polar surface area (TPSA) is 37.5 Å². The second kappa shape index (κ2) is 3.42. The number of aromatic nitrogens is 2. The van der Waals surface area contributed by atoms with E-state index in [0.29, 0.717) is 21.5 Å². The summed E-state index contributed by atoms with van der Waals surface area (Å²) in [6.07, 6.45) is 1.84. The van der Waals surface area contributed by atoms with Gasteiger partial charge < -0.3 is 5.11 Å². The first-order valence-electron chi connectivity index (χ1n) is 4.07. The molecule has 0 saturated heterocycles. The van der Waals surface area contributed by atoms with E-state index < -0.39 is 0 Å². The molecule has 0 amide bonds. The molecule has 0 unspecified atom stereocenters. The Hall–Kier alpha value is -0.770. The zero-order valence-corrected chi connectivity index (χ0v) is 8.97. The van der Waals surface area contributed by atoms with Gasteiger partial charge in [0.25, 0.3) is 0 Å². The summed E-state index contributed by atoms with van der Waals surface area (Å²) < 4.78 is 1.71. The fourth-order valence-corrected chi connectivity index (χ4v) is 1.93. The lowest BCUT2D eigenvalue weighted by Gasteiger charge is -2.01. The van der Waals surface area contributed by atoms with Crippen molar-refractivity contribution in [1.29, 1.82) is 0 Å². The predicted octanol–water partition coefficient (Wildman–Crippen LogP) is 2.44. The van der Waals surface area contributed by atoms with Crippen LogP contribution in [0.3, 0.4) is 0 Å². The maximum Gasteiger partial charge on any atom is 0.157 e. The number of aliphatic hydroxyl groups excluding tert-OH is 1. The van der Waals surface area contributed by atoms with Gasteiger partial charge in [0.1, 0.15) is 0 Å². The number of aryl methyl sites for hydroxylation is 1. The van der Waals surface area contributed by atoms with Crippen LogP contribution in [0.5, 0.6) is 0 Å². The van der Waals surface area contributed by atoms with Crippen LogP contribution >= 0.6 is 23.2 Å². The predicted molar refractivity (Wildman–Crippen MR) is 55.9 cm³/mol. The quantitative estimate of drug-likeness (QED) is 0.818. The van der Waals surface area contributed by atoms with E-state index in [-0.39, 0.29) is 6.61 Å². The number of halogens is 2. The molecule has 2 aromatic rings. The first-order chi connectivity index (χ1) is 6.63. The number of aliphatic hydroxyl groups is 1. The molecule has 1 N–H and O–H groups in total. The van der Waals surface area contributed by atoms with E-state index in [1.807, 2.05) is 13.1 Å². The summed E-state index contributed by atoms with van der Waals surface area (Å²) in [4.78, 5) is 4.06. The number of hydrogen-bond acceptors (Lipinski definition) is 2. The molecule has 2 rings (SSSR count). The Morgan fingerprint density at radius 2 is 2.21 bits per heavy atom. The van der Waals surface area contributed by atoms with Gasteiger partial charge in [-0.2, -0.15) is 0 Å². The molecule has 0 bridgehead atoms. The molecule has 3 nitrogen and oxygen atoms in total. The summed E-state index contributed by atoms with van der Waals surface area (Å²) in [6.45, 7) is 1.76. The van der Waals surface area contributed by atoms with Gasteiger partial charge in [0, 0.05) is 6.20 Å². The van der Waals surface area contributed by atoms with Gasteiger partial charge in [0.2, 0.25) is 0 Å². The molecule has 0 saturated carbocycles. The molecule has 14 heavy (non-hydrogen) atoms. The average Bonchev–Trinajstić information content (AvgIpc) is 2.41. The van der Waals surface area contributed by atoms with Gasteiger partial charge in [-0.05, 0) is 18.6 Å². The van der Waals surface area contributed by atoms with Gasteiger partial charge in [-0.25, -0.2) is 4.98 Å². The Morgan fingerprint density at radius 3 is 2.86 bits per heavy atom. The van der Waals surface area contributed by atoms with Crippen molar-refractivity contribution in [3.8, 4) is 0 Å². The number of rotatable bonds is 1. The molecular formula is C9H8Cl2N2O. The third-order valence-electron chi connectivity index (χ3n) is 2.01. The monoisotopic (exact) mass is 230 g/mol. The maximum atomic E-state index is 9.10. The van der Waals surface area contributed by atoms with Crippen molar-refractivity contribution in [2.24, 2.45) is 0 Å². The van der Waals surface area contributed by atoms with Crippen LogP contribution in [0, 0.1) is 6.92 Å². The van der Waals surface area contributed by atoms with Crippen molar-refractivity contribution in [2.75, 3.05) is 0 Å². The summed E-state index contributed by atoms with van der Waals surface area (Å²) in [6, 6.07) is 1.81. The molecule has 0 atom stereocenters. The summed E-state index contributed by atoms with van der Waals surface area (Å²) in [5, 5.41) is 9.92. The summed E-state index contributed by atoms with van der Waals surface area (Å²) in [5.74, 6) is 0. The Morgan fingerprint density at radius 1 is 1.50 bits per heavy atom. The summed E-state index contributed by atoms with van der Waals surface area (Å²) >= 11 is 11.8. The van der Waals surface area contributed by atoms with Crippen LogP contribution in [0.1, 0.15) is 11.3 Å². The highest BCUT2D eigenvalue weighted by molar-refractivity contribution is 6.34. The standard InChI is InChI=1S/C9H8Cl2N2O/c1-5-2-6(10)9-12-8(11)7(4-14)13(9)3-5/h2-3,14H,4H2,1H3. The van der Waals surface area contributed by atoms with E-state index in [2.05, 4.69) is 4.98 Å². The first kappa shape index (κ1) is 9.77. The van der Waals surface area contributed by atoms with Gasteiger partial charge in [-0.15, -0.1) is 0 Å². The highest BCUT2D eigenvalue weighted by Crippen LogP contribution is 2.24. The molecular weight excluding hydrogens is 223 g/mol. The second-order valence-electron chi connectivity index (χ2n) is 3.07. The van der Waals surface area contributed by atoms with E-state index in [9.17, 15) is 0 Å². The Labute approximate surface area is 90.9 Å². The lowest BCUT2D eigenvalue weighted by molar-refractivity contribution is 0.276. The fourth-order valence-electron chi connectivity index (χ4n) is 1.39. The van der Waals surface area contributed by atoms with Crippen LogP contribution in [-0.4, -0.2) is 14.5 Å². The molecule has 5 heteroatoms. The maximum absolute atomic E-state index is 9.10. The SMILES string of the molecule is Cc1cc(Cl)c2nc(Cl)c(CO)n2c1. The van der Waals surface area contributed by atoms with Gasteiger partial charge in [-0.3, -0.25) is 4.40 Å². The van der Waals surface area contributed by atoms with Crippen LogP contribution in [-0.2, 0) is 6.61 Å². The minimum Gasteiger partial charge on any atom is -0.390 e. The van der Waals surface area contributed by atoms with E-state index in [4.69, 9.17) is 28.3 Å². The molecule has 2 aromatic heterocycles. The molecule has 0 fully saturated rings. The first-order valence-corrected chi connectivity index (χ1v) is 4.82. The molecule has 74 valence electrons. The minimum absolute atomic E-state index is 0.153. The minimum atomic E-state index is -0.153. The molecule has 0 radical (unpaired) electrons. The second-order valence-corrected chi connectivity index (χ2v) is 3.83. The van der Waals surface area contributed by atoms with E-state index in [1.165, 1.54) is 0 Å². The normalized spacial score (nSPS) is 11.1. The fraction of sp³-hybridized carbons (Fsp3) is 0.222. The molecule has 0 spiro atoms. The van der Waals surface area contributed by atoms with Crippen molar-refractivity contribution in [3.05, 3.63) is 33.7 Å². The Balaban J connectivity index is 2.87. The van der Waals surface area contributed by atoms with Crippen molar-refractivity contribution >= 4 is 28.8 Å². The van der Waals surface area contributed by atoms with Crippen molar-refractivity contribution < 1.29 is 5.11 Å². The average molecular weight is 231 g/mol. The molecule has 2 heterocycles. The number of fused-ring (bicyclic) bond motifs is 1. The molecule has 0 aliphatic heterocycles. The van der Waals surface area contributed by atoms with Crippen LogP contribution in [0.25, 0.3) is 5.65 Å². The summed E-state index contributed by atoms with van der Waals surface area (Å²) in [5.41, 5.74) is 2.13. The highest BCUT2D eigenvalue weighted by Gasteiger charge is 2.11. The van der Waals surface area contributed by atoms with Crippen LogP contribution in [0.15, 0.2) is 12.3 Å². The van der Waals surface area contributed by atoms with Gasteiger partial charge in [0.05, 0.1) is 17.3 Å².